The third-order valence-corrected chi connectivity index (χ3v) is 3.35. The van der Waals surface area contributed by atoms with Gasteiger partial charge in [-0.3, -0.25) is 0 Å². The number of unbranched alkanes of at least 4 members (excludes halogenated alkanes) is 1. The van der Waals surface area contributed by atoms with Crippen molar-refractivity contribution in [1.82, 2.24) is 0 Å². The molecular formula is C16H34. The maximum atomic E-state index is 2.43. The van der Waals surface area contributed by atoms with E-state index in [1.807, 2.05) is 0 Å². The van der Waals surface area contributed by atoms with Gasteiger partial charge in [-0.25, -0.2) is 0 Å². The first-order chi connectivity index (χ1) is 7.31. The molecule has 0 fully saturated rings. The standard InChI is InChI=1S/C16H34/c1-14(2)10-9-12-15(3)11-7-8-13-16(4,5)6/h14-15H,7-13H2,1-6H3. The molecule has 0 nitrogen and oxygen atoms in total. The van der Waals surface area contributed by atoms with Crippen LogP contribution in [0.2, 0.25) is 0 Å². The van der Waals surface area contributed by atoms with E-state index >= 15 is 0 Å². The van der Waals surface area contributed by atoms with Crippen molar-refractivity contribution in [3.63, 3.8) is 0 Å². The Bertz CT molecular complexity index is 150. The zero-order valence-electron chi connectivity index (χ0n) is 12.6. The Kier molecular flexibility index (Phi) is 8.14. The lowest BCUT2D eigenvalue weighted by molar-refractivity contribution is 0.344. The molecule has 0 aromatic heterocycles. The van der Waals surface area contributed by atoms with Crippen molar-refractivity contribution in [1.29, 1.82) is 0 Å². The highest BCUT2D eigenvalue weighted by Crippen LogP contribution is 2.24. The summed E-state index contributed by atoms with van der Waals surface area (Å²) in [6.07, 6.45) is 9.94. The molecule has 0 bridgehead atoms. The Labute approximate surface area is 104 Å². The van der Waals surface area contributed by atoms with E-state index in [-0.39, 0.29) is 0 Å². The molecule has 0 rings (SSSR count). The molecule has 0 aliphatic carbocycles. The van der Waals surface area contributed by atoms with E-state index in [1.165, 1.54) is 44.9 Å². The van der Waals surface area contributed by atoms with Crippen LogP contribution in [0, 0.1) is 17.3 Å². The van der Waals surface area contributed by atoms with Gasteiger partial charge in [-0.2, -0.15) is 0 Å². The summed E-state index contributed by atoms with van der Waals surface area (Å²) in [4.78, 5) is 0. The lowest BCUT2D eigenvalue weighted by Gasteiger charge is -2.18. The quantitative estimate of drug-likeness (QED) is 0.442. The van der Waals surface area contributed by atoms with Gasteiger partial charge in [0.05, 0.1) is 0 Å². The van der Waals surface area contributed by atoms with Crippen molar-refractivity contribution in [3.05, 3.63) is 0 Å². The van der Waals surface area contributed by atoms with Crippen LogP contribution in [-0.2, 0) is 0 Å². The molecular weight excluding hydrogens is 192 g/mol. The third-order valence-electron chi connectivity index (χ3n) is 3.35. The van der Waals surface area contributed by atoms with Gasteiger partial charge in [0.1, 0.15) is 0 Å². The molecule has 1 atom stereocenters. The zero-order chi connectivity index (χ0) is 12.6. The van der Waals surface area contributed by atoms with Gasteiger partial charge >= 0.3 is 0 Å². The van der Waals surface area contributed by atoms with Crippen molar-refractivity contribution in [3.8, 4) is 0 Å². The molecule has 98 valence electrons. The Morgan fingerprint density at radius 3 is 1.81 bits per heavy atom. The average molecular weight is 226 g/mol. The second-order valence-electron chi connectivity index (χ2n) is 7.24. The maximum absolute atomic E-state index is 2.43. The Hall–Kier alpha value is 0. The Balaban J connectivity index is 3.34. The van der Waals surface area contributed by atoms with Crippen LogP contribution in [0.25, 0.3) is 0 Å². The van der Waals surface area contributed by atoms with E-state index in [0.29, 0.717) is 5.41 Å². The average Bonchev–Trinajstić information content (AvgIpc) is 2.10. The first-order valence-corrected chi connectivity index (χ1v) is 7.31. The normalized spacial score (nSPS) is 14.4. The van der Waals surface area contributed by atoms with Crippen LogP contribution in [0.4, 0.5) is 0 Å². The molecule has 0 saturated carbocycles. The highest BCUT2D eigenvalue weighted by molar-refractivity contribution is 4.62. The van der Waals surface area contributed by atoms with E-state index in [0.717, 1.165) is 11.8 Å². The number of rotatable bonds is 8. The summed E-state index contributed by atoms with van der Waals surface area (Å²) in [6.45, 7) is 14.1. The molecule has 1 unspecified atom stereocenters. The lowest BCUT2D eigenvalue weighted by atomic mass is 9.88. The van der Waals surface area contributed by atoms with Crippen LogP contribution in [-0.4, -0.2) is 0 Å². The van der Waals surface area contributed by atoms with E-state index in [1.54, 1.807) is 0 Å². The molecule has 0 saturated heterocycles. The van der Waals surface area contributed by atoms with Gasteiger partial charge in [0, 0.05) is 0 Å². The van der Waals surface area contributed by atoms with Gasteiger partial charge in [-0.05, 0) is 23.7 Å². The maximum Gasteiger partial charge on any atom is -0.0383 e. The minimum Gasteiger partial charge on any atom is -0.0628 e. The summed E-state index contributed by atoms with van der Waals surface area (Å²) >= 11 is 0. The summed E-state index contributed by atoms with van der Waals surface area (Å²) in [5, 5.41) is 0. The minimum absolute atomic E-state index is 0.529. The third kappa shape index (κ3) is 12.1. The van der Waals surface area contributed by atoms with Crippen molar-refractivity contribution >= 4 is 0 Å². The van der Waals surface area contributed by atoms with Crippen LogP contribution in [0.1, 0.15) is 86.5 Å². The van der Waals surface area contributed by atoms with Gasteiger partial charge in [-0.1, -0.05) is 80.1 Å². The summed E-state index contributed by atoms with van der Waals surface area (Å²) in [5.41, 5.74) is 0.529. The Morgan fingerprint density at radius 1 is 0.750 bits per heavy atom. The van der Waals surface area contributed by atoms with Gasteiger partial charge in [0.2, 0.25) is 0 Å². The smallest absolute Gasteiger partial charge is 0.0383 e. The van der Waals surface area contributed by atoms with Crippen LogP contribution in [0.5, 0.6) is 0 Å². The topological polar surface area (TPSA) is 0 Å². The fourth-order valence-corrected chi connectivity index (χ4v) is 2.17. The molecule has 0 aromatic rings. The molecule has 0 heterocycles. The monoisotopic (exact) mass is 226 g/mol. The van der Waals surface area contributed by atoms with E-state index in [4.69, 9.17) is 0 Å². The summed E-state index contributed by atoms with van der Waals surface area (Å²) < 4.78 is 0. The van der Waals surface area contributed by atoms with Crippen molar-refractivity contribution in [2.75, 3.05) is 0 Å². The van der Waals surface area contributed by atoms with Gasteiger partial charge in [-0.15, -0.1) is 0 Å². The lowest BCUT2D eigenvalue weighted by Crippen LogP contribution is -2.04. The van der Waals surface area contributed by atoms with E-state index in [9.17, 15) is 0 Å². The molecule has 0 aliphatic rings. The van der Waals surface area contributed by atoms with Crippen LogP contribution in [0.15, 0.2) is 0 Å². The molecule has 0 heteroatoms. The van der Waals surface area contributed by atoms with Crippen LogP contribution < -0.4 is 0 Å². The highest BCUT2D eigenvalue weighted by atomic mass is 14.2. The molecule has 0 aromatic carbocycles. The molecule has 0 aliphatic heterocycles. The molecule has 0 radical (unpaired) electrons. The van der Waals surface area contributed by atoms with E-state index < -0.39 is 0 Å². The first-order valence-electron chi connectivity index (χ1n) is 7.31. The number of hydrogen-bond acceptors (Lipinski definition) is 0. The number of hydrogen-bond donors (Lipinski definition) is 0. The summed E-state index contributed by atoms with van der Waals surface area (Å²) in [7, 11) is 0. The van der Waals surface area contributed by atoms with Gasteiger partial charge < -0.3 is 0 Å². The predicted molar refractivity (Wildman–Crippen MR) is 75.8 cm³/mol. The Morgan fingerprint density at radius 2 is 1.31 bits per heavy atom. The zero-order valence-corrected chi connectivity index (χ0v) is 12.6. The first kappa shape index (κ1) is 16.0. The van der Waals surface area contributed by atoms with Gasteiger partial charge in [0.15, 0.2) is 0 Å². The van der Waals surface area contributed by atoms with E-state index in [2.05, 4.69) is 41.5 Å². The van der Waals surface area contributed by atoms with Crippen LogP contribution in [0.3, 0.4) is 0 Å². The molecule has 0 amide bonds. The largest absolute Gasteiger partial charge is 0.0628 e. The van der Waals surface area contributed by atoms with Crippen molar-refractivity contribution in [2.24, 2.45) is 17.3 Å². The van der Waals surface area contributed by atoms with Crippen molar-refractivity contribution in [2.45, 2.75) is 86.5 Å². The fraction of sp³-hybridized carbons (Fsp3) is 1.00. The molecule has 0 spiro atoms. The van der Waals surface area contributed by atoms with Crippen molar-refractivity contribution < 1.29 is 0 Å². The highest BCUT2D eigenvalue weighted by Gasteiger charge is 2.09. The molecule has 16 heavy (non-hydrogen) atoms. The van der Waals surface area contributed by atoms with Gasteiger partial charge in [0.25, 0.3) is 0 Å². The van der Waals surface area contributed by atoms with Crippen LogP contribution >= 0.6 is 0 Å². The SMILES string of the molecule is CC(C)CCCC(C)CCCCC(C)(C)C. The fourth-order valence-electron chi connectivity index (χ4n) is 2.17. The predicted octanol–water partition coefficient (Wildman–Crippen LogP) is 6.06. The minimum atomic E-state index is 0.529. The summed E-state index contributed by atoms with van der Waals surface area (Å²) in [6, 6.07) is 0. The second-order valence-corrected chi connectivity index (χ2v) is 7.24. The second kappa shape index (κ2) is 8.14. The molecule has 0 N–H and O–H groups in total. The summed E-state index contributed by atoms with van der Waals surface area (Å²) in [5.74, 6) is 1.83.